The molecule has 0 saturated carbocycles. The SMILES string of the molecule is COC(=O)c1cc(C(C)C)ccc1S(=O)(=O)Cl. The number of hydrogen-bond donors (Lipinski definition) is 0. The molecule has 1 aromatic rings. The van der Waals surface area contributed by atoms with Crippen molar-refractivity contribution in [3.8, 4) is 0 Å². The molecule has 0 aromatic heterocycles. The van der Waals surface area contributed by atoms with Crippen LogP contribution in [-0.2, 0) is 13.8 Å². The molecule has 0 unspecified atom stereocenters. The molecular weight excluding hydrogens is 264 g/mol. The second kappa shape index (κ2) is 5.06. The van der Waals surface area contributed by atoms with Crippen molar-refractivity contribution in [2.24, 2.45) is 0 Å². The summed E-state index contributed by atoms with van der Waals surface area (Å²) in [5, 5.41) is 0. The summed E-state index contributed by atoms with van der Waals surface area (Å²) in [6.45, 7) is 3.87. The minimum Gasteiger partial charge on any atom is -0.465 e. The van der Waals surface area contributed by atoms with Crippen molar-refractivity contribution in [3.05, 3.63) is 29.3 Å². The van der Waals surface area contributed by atoms with Crippen molar-refractivity contribution in [2.45, 2.75) is 24.7 Å². The van der Waals surface area contributed by atoms with E-state index in [9.17, 15) is 13.2 Å². The molecule has 17 heavy (non-hydrogen) atoms. The Balaban J connectivity index is 3.48. The number of carbonyl (C=O) groups excluding carboxylic acids is 1. The smallest absolute Gasteiger partial charge is 0.339 e. The van der Waals surface area contributed by atoms with Crippen LogP contribution in [0.3, 0.4) is 0 Å². The van der Waals surface area contributed by atoms with Crippen molar-refractivity contribution in [2.75, 3.05) is 7.11 Å². The van der Waals surface area contributed by atoms with E-state index >= 15 is 0 Å². The summed E-state index contributed by atoms with van der Waals surface area (Å²) in [6.07, 6.45) is 0. The number of methoxy groups -OCH3 is 1. The van der Waals surface area contributed by atoms with Gasteiger partial charge in [0.1, 0.15) is 0 Å². The second-order valence-corrected chi connectivity index (χ2v) is 6.37. The average Bonchev–Trinajstić information content (AvgIpc) is 2.25. The minimum atomic E-state index is -3.96. The third-order valence-corrected chi connectivity index (χ3v) is 3.72. The lowest BCUT2D eigenvalue weighted by Gasteiger charge is -2.10. The Morgan fingerprint density at radius 2 is 1.94 bits per heavy atom. The Labute approximate surface area is 105 Å². The van der Waals surface area contributed by atoms with E-state index in [1.807, 2.05) is 13.8 Å². The van der Waals surface area contributed by atoms with Crippen molar-refractivity contribution < 1.29 is 17.9 Å². The molecule has 1 aromatic carbocycles. The van der Waals surface area contributed by atoms with Crippen LogP contribution in [0.1, 0.15) is 35.7 Å². The van der Waals surface area contributed by atoms with Crippen molar-refractivity contribution in [1.82, 2.24) is 0 Å². The molecule has 1 rings (SSSR count). The molecule has 0 aliphatic carbocycles. The van der Waals surface area contributed by atoms with Gasteiger partial charge >= 0.3 is 5.97 Å². The fourth-order valence-corrected chi connectivity index (χ4v) is 2.43. The molecule has 0 atom stereocenters. The fraction of sp³-hybridized carbons (Fsp3) is 0.364. The molecule has 94 valence electrons. The van der Waals surface area contributed by atoms with Crippen LogP contribution < -0.4 is 0 Å². The van der Waals surface area contributed by atoms with E-state index in [4.69, 9.17) is 10.7 Å². The number of hydrogen-bond acceptors (Lipinski definition) is 4. The standard InChI is InChI=1S/C11H13ClO4S/c1-7(2)8-4-5-10(17(12,14)15)9(6-8)11(13)16-3/h4-7H,1-3H3. The van der Waals surface area contributed by atoms with E-state index in [1.54, 1.807) is 6.07 Å². The molecule has 6 heteroatoms. The first kappa shape index (κ1) is 14.0. The molecule has 0 fully saturated rings. The molecule has 0 spiro atoms. The van der Waals surface area contributed by atoms with E-state index in [-0.39, 0.29) is 16.4 Å². The summed E-state index contributed by atoms with van der Waals surface area (Å²) >= 11 is 0. The summed E-state index contributed by atoms with van der Waals surface area (Å²) in [6, 6.07) is 4.45. The zero-order chi connectivity index (χ0) is 13.2. The van der Waals surface area contributed by atoms with Crippen molar-refractivity contribution >= 4 is 25.7 Å². The third-order valence-electron chi connectivity index (χ3n) is 2.34. The van der Waals surface area contributed by atoms with Gasteiger partial charge in [0, 0.05) is 10.7 Å². The largest absolute Gasteiger partial charge is 0.465 e. The van der Waals surface area contributed by atoms with E-state index in [0.29, 0.717) is 0 Å². The Hall–Kier alpha value is -1.07. The van der Waals surface area contributed by atoms with Crippen LogP contribution in [0.5, 0.6) is 0 Å². The maximum Gasteiger partial charge on any atom is 0.339 e. The number of rotatable bonds is 3. The zero-order valence-corrected chi connectivity index (χ0v) is 11.3. The Morgan fingerprint density at radius 3 is 2.35 bits per heavy atom. The number of ether oxygens (including phenoxy) is 1. The maximum atomic E-state index is 11.5. The topological polar surface area (TPSA) is 60.4 Å². The van der Waals surface area contributed by atoms with Crippen LogP contribution in [0.4, 0.5) is 0 Å². The highest BCUT2D eigenvalue weighted by molar-refractivity contribution is 8.13. The quantitative estimate of drug-likeness (QED) is 0.629. The van der Waals surface area contributed by atoms with Crippen molar-refractivity contribution in [3.63, 3.8) is 0 Å². The predicted molar refractivity (Wildman–Crippen MR) is 64.9 cm³/mol. The Bertz CT molecular complexity index is 534. The Morgan fingerprint density at radius 1 is 1.35 bits per heavy atom. The van der Waals surface area contributed by atoms with Gasteiger partial charge in [0.05, 0.1) is 17.6 Å². The van der Waals surface area contributed by atoms with Crippen LogP contribution in [0.15, 0.2) is 23.1 Å². The predicted octanol–water partition coefficient (Wildman–Crippen LogP) is 2.52. The first-order valence-electron chi connectivity index (χ1n) is 4.94. The zero-order valence-electron chi connectivity index (χ0n) is 9.73. The number of carbonyl (C=O) groups is 1. The van der Waals surface area contributed by atoms with Gasteiger partial charge in [-0.2, -0.15) is 0 Å². The highest BCUT2D eigenvalue weighted by Crippen LogP contribution is 2.25. The first-order chi connectivity index (χ1) is 7.77. The molecule has 0 aliphatic heterocycles. The average molecular weight is 277 g/mol. The van der Waals surface area contributed by atoms with Gasteiger partial charge in [0.25, 0.3) is 9.05 Å². The lowest BCUT2D eigenvalue weighted by atomic mass is 10.0. The molecule has 0 aliphatic rings. The summed E-state index contributed by atoms with van der Waals surface area (Å²) < 4.78 is 27.2. The Kier molecular flexibility index (Phi) is 4.16. The third kappa shape index (κ3) is 3.20. The van der Waals surface area contributed by atoms with Gasteiger partial charge < -0.3 is 4.74 Å². The van der Waals surface area contributed by atoms with E-state index < -0.39 is 15.0 Å². The van der Waals surface area contributed by atoms with Gasteiger partial charge in [-0.25, -0.2) is 13.2 Å². The number of halogens is 1. The molecule has 0 radical (unpaired) electrons. The van der Waals surface area contributed by atoms with Gasteiger partial charge in [-0.3, -0.25) is 0 Å². The van der Waals surface area contributed by atoms with E-state index in [0.717, 1.165) is 5.56 Å². The van der Waals surface area contributed by atoms with Crippen molar-refractivity contribution in [1.29, 1.82) is 0 Å². The molecule has 0 bridgehead atoms. The highest BCUT2D eigenvalue weighted by atomic mass is 35.7. The molecule has 0 heterocycles. The molecular formula is C11H13ClO4S. The number of benzene rings is 1. The van der Waals surface area contributed by atoms with Gasteiger partial charge in [-0.05, 0) is 23.6 Å². The summed E-state index contributed by atoms with van der Waals surface area (Å²) in [5.74, 6) is -0.544. The minimum absolute atomic E-state index is 0.0336. The molecule has 0 saturated heterocycles. The summed E-state index contributed by atoms with van der Waals surface area (Å²) in [5.41, 5.74) is 0.808. The monoisotopic (exact) mass is 276 g/mol. The number of esters is 1. The van der Waals surface area contributed by atoms with Crippen LogP contribution in [0, 0.1) is 0 Å². The van der Waals surface area contributed by atoms with E-state index in [2.05, 4.69) is 4.74 Å². The summed E-state index contributed by atoms with van der Waals surface area (Å²) in [4.78, 5) is 11.3. The molecule has 0 amide bonds. The maximum absolute atomic E-state index is 11.5. The fourth-order valence-electron chi connectivity index (χ4n) is 1.39. The van der Waals surface area contributed by atoms with E-state index in [1.165, 1.54) is 19.2 Å². The van der Waals surface area contributed by atoms with Crippen LogP contribution in [0.25, 0.3) is 0 Å². The molecule has 4 nitrogen and oxygen atoms in total. The van der Waals surface area contributed by atoms with Crippen LogP contribution in [0.2, 0.25) is 0 Å². The first-order valence-corrected chi connectivity index (χ1v) is 7.25. The van der Waals surface area contributed by atoms with Gasteiger partial charge in [-0.15, -0.1) is 0 Å². The van der Waals surface area contributed by atoms with Gasteiger partial charge in [-0.1, -0.05) is 19.9 Å². The highest BCUT2D eigenvalue weighted by Gasteiger charge is 2.22. The molecule has 0 N–H and O–H groups in total. The lowest BCUT2D eigenvalue weighted by molar-refractivity contribution is 0.0596. The summed E-state index contributed by atoms with van der Waals surface area (Å²) in [7, 11) is 2.49. The lowest BCUT2D eigenvalue weighted by Crippen LogP contribution is -2.08. The second-order valence-electron chi connectivity index (χ2n) is 3.84. The van der Waals surface area contributed by atoms with Gasteiger partial charge in [0.2, 0.25) is 0 Å². The van der Waals surface area contributed by atoms with Crippen LogP contribution in [-0.4, -0.2) is 21.5 Å². The van der Waals surface area contributed by atoms with Gasteiger partial charge in [0.15, 0.2) is 0 Å². The van der Waals surface area contributed by atoms with Crippen LogP contribution >= 0.6 is 10.7 Å². The normalized spacial score (nSPS) is 11.6.